The van der Waals surface area contributed by atoms with Gasteiger partial charge in [-0.3, -0.25) is 14.5 Å². The fourth-order valence-electron chi connectivity index (χ4n) is 0.605. The van der Waals surface area contributed by atoms with Crippen LogP contribution in [0.1, 0.15) is 0 Å². The van der Waals surface area contributed by atoms with Gasteiger partial charge in [0.2, 0.25) is 5.91 Å². The molecule has 5 heteroatoms. The fourth-order valence-corrected chi connectivity index (χ4v) is 1.33. The van der Waals surface area contributed by atoms with Crippen LogP contribution in [0.15, 0.2) is 0 Å². The average Bonchev–Trinajstić information content (AvgIpc) is 2.20. The first-order valence-corrected chi connectivity index (χ1v) is 3.58. The molecule has 0 bridgehead atoms. The van der Waals surface area contributed by atoms with Crippen LogP contribution >= 0.6 is 11.8 Å². The zero-order valence-electron chi connectivity index (χ0n) is 5.03. The molecular formula is C5H4N2O2S. The van der Waals surface area contributed by atoms with Gasteiger partial charge in [0.25, 0.3) is 5.24 Å². The largest absolute Gasteiger partial charge is 0.289 e. The molecule has 4 nitrogen and oxygen atoms in total. The SMILES string of the molecule is N#CCN1C(=O)CSC1=O. The predicted molar refractivity (Wildman–Crippen MR) is 35.2 cm³/mol. The molecule has 1 saturated heterocycles. The topological polar surface area (TPSA) is 61.2 Å². The second kappa shape index (κ2) is 2.71. The van der Waals surface area contributed by atoms with Crippen molar-refractivity contribution in [1.82, 2.24) is 4.90 Å². The van der Waals surface area contributed by atoms with Crippen LogP contribution in [0.2, 0.25) is 0 Å². The highest BCUT2D eigenvalue weighted by Gasteiger charge is 2.29. The molecule has 52 valence electrons. The van der Waals surface area contributed by atoms with E-state index < -0.39 is 0 Å². The molecule has 0 spiro atoms. The fraction of sp³-hybridized carbons (Fsp3) is 0.400. The molecule has 0 atom stereocenters. The van der Waals surface area contributed by atoms with Crippen molar-refractivity contribution in [2.45, 2.75) is 0 Å². The first kappa shape index (κ1) is 7.09. The van der Waals surface area contributed by atoms with Crippen molar-refractivity contribution in [3.05, 3.63) is 0 Å². The van der Waals surface area contributed by atoms with Crippen LogP contribution < -0.4 is 0 Å². The van der Waals surface area contributed by atoms with E-state index in [1.54, 1.807) is 6.07 Å². The second-order valence-corrected chi connectivity index (χ2v) is 2.62. The Bertz CT molecular complexity index is 204. The van der Waals surface area contributed by atoms with Crippen molar-refractivity contribution < 1.29 is 9.59 Å². The summed E-state index contributed by atoms with van der Waals surface area (Å²) in [6, 6.07) is 1.74. The maximum absolute atomic E-state index is 10.7. The van der Waals surface area contributed by atoms with Gasteiger partial charge in [0, 0.05) is 0 Å². The number of hydrogen-bond donors (Lipinski definition) is 0. The van der Waals surface area contributed by atoms with Crippen molar-refractivity contribution in [3.63, 3.8) is 0 Å². The number of hydrogen-bond acceptors (Lipinski definition) is 4. The molecular weight excluding hydrogens is 152 g/mol. The van der Waals surface area contributed by atoms with Crippen molar-refractivity contribution in [3.8, 4) is 6.07 Å². The zero-order valence-corrected chi connectivity index (χ0v) is 5.85. The first-order valence-electron chi connectivity index (χ1n) is 2.60. The molecule has 2 amide bonds. The van der Waals surface area contributed by atoms with Crippen LogP contribution in [0.3, 0.4) is 0 Å². The molecule has 0 unspecified atom stereocenters. The number of carbonyl (C=O) groups is 2. The van der Waals surface area contributed by atoms with Gasteiger partial charge >= 0.3 is 0 Å². The maximum atomic E-state index is 10.7. The van der Waals surface area contributed by atoms with E-state index in [0.29, 0.717) is 0 Å². The predicted octanol–water partition coefficient (Wildman–Crippen LogP) is 0.205. The Labute approximate surface area is 61.8 Å². The van der Waals surface area contributed by atoms with Crippen molar-refractivity contribution in [1.29, 1.82) is 5.26 Å². The van der Waals surface area contributed by atoms with E-state index in [1.807, 2.05) is 0 Å². The third-order valence-electron chi connectivity index (χ3n) is 1.07. The Kier molecular flexibility index (Phi) is 1.92. The Morgan fingerprint density at radius 1 is 1.70 bits per heavy atom. The minimum absolute atomic E-state index is 0.120. The normalized spacial score (nSPS) is 17.7. The lowest BCUT2D eigenvalue weighted by Crippen LogP contribution is -2.28. The van der Waals surface area contributed by atoms with Gasteiger partial charge in [-0.15, -0.1) is 0 Å². The smallest absolute Gasteiger partial charge is 0.273 e. The van der Waals surface area contributed by atoms with Crippen LogP contribution in [-0.4, -0.2) is 28.3 Å². The number of nitriles is 1. The molecule has 0 aromatic heterocycles. The standard InChI is InChI=1S/C5H4N2O2S/c6-1-2-7-4(8)3-10-5(7)9/h2-3H2. The molecule has 0 N–H and O–H groups in total. The molecule has 0 saturated carbocycles. The minimum atomic E-state index is -0.313. The number of amides is 2. The molecule has 10 heavy (non-hydrogen) atoms. The van der Waals surface area contributed by atoms with E-state index >= 15 is 0 Å². The van der Waals surface area contributed by atoms with Crippen molar-refractivity contribution >= 4 is 22.9 Å². The van der Waals surface area contributed by atoms with E-state index in [9.17, 15) is 9.59 Å². The van der Waals surface area contributed by atoms with Gasteiger partial charge in [-0.05, 0) is 0 Å². The van der Waals surface area contributed by atoms with Gasteiger partial charge in [-0.25, -0.2) is 0 Å². The summed E-state index contributed by atoms with van der Waals surface area (Å²) >= 11 is 0.940. The second-order valence-electron chi connectivity index (χ2n) is 1.69. The highest BCUT2D eigenvalue weighted by Crippen LogP contribution is 2.17. The Morgan fingerprint density at radius 3 is 2.80 bits per heavy atom. The van der Waals surface area contributed by atoms with Crippen LogP contribution in [0.25, 0.3) is 0 Å². The monoisotopic (exact) mass is 156 g/mol. The molecule has 0 aromatic rings. The molecule has 0 aromatic carbocycles. The van der Waals surface area contributed by atoms with Gasteiger partial charge in [0.1, 0.15) is 6.54 Å². The molecule has 1 rings (SSSR count). The Hall–Kier alpha value is -1.02. The average molecular weight is 156 g/mol. The highest BCUT2D eigenvalue weighted by molar-refractivity contribution is 8.14. The van der Waals surface area contributed by atoms with Crippen LogP contribution in [0, 0.1) is 11.3 Å². The molecule has 1 fully saturated rings. The molecule has 0 aliphatic carbocycles. The third kappa shape index (κ3) is 1.11. The number of rotatable bonds is 1. The quantitative estimate of drug-likeness (QED) is 0.509. The van der Waals surface area contributed by atoms with Crippen molar-refractivity contribution in [2.24, 2.45) is 0 Å². The molecule has 1 aliphatic rings. The summed E-state index contributed by atoms with van der Waals surface area (Å²) in [5, 5.41) is 7.84. The first-order chi connectivity index (χ1) is 4.75. The van der Waals surface area contributed by atoms with Crippen LogP contribution in [0.5, 0.6) is 0 Å². The minimum Gasteiger partial charge on any atom is -0.273 e. The van der Waals surface area contributed by atoms with E-state index in [4.69, 9.17) is 5.26 Å². The van der Waals surface area contributed by atoms with Gasteiger partial charge in [0.15, 0.2) is 0 Å². The molecule has 1 heterocycles. The summed E-state index contributed by atoms with van der Waals surface area (Å²) < 4.78 is 0. The summed E-state index contributed by atoms with van der Waals surface area (Å²) in [5.41, 5.74) is 0. The summed E-state index contributed by atoms with van der Waals surface area (Å²) in [6.45, 7) is -0.120. The van der Waals surface area contributed by atoms with Crippen molar-refractivity contribution in [2.75, 3.05) is 12.3 Å². The molecule has 1 aliphatic heterocycles. The van der Waals surface area contributed by atoms with E-state index in [1.165, 1.54) is 0 Å². The van der Waals surface area contributed by atoms with Crippen LogP contribution in [0.4, 0.5) is 4.79 Å². The summed E-state index contributed by atoms with van der Waals surface area (Å²) in [7, 11) is 0. The van der Waals surface area contributed by atoms with Gasteiger partial charge in [-0.2, -0.15) is 5.26 Å². The zero-order chi connectivity index (χ0) is 7.56. The highest BCUT2D eigenvalue weighted by atomic mass is 32.2. The summed E-state index contributed by atoms with van der Waals surface area (Å²) in [6.07, 6.45) is 0. The summed E-state index contributed by atoms with van der Waals surface area (Å²) in [5.74, 6) is -0.0860. The number of carbonyl (C=O) groups excluding carboxylic acids is 2. The van der Waals surface area contributed by atoms with E-state index in [0.717, 1.165) is 16.7 Å². The van der Waals surface area contributed by atoms with Gasteiger partial charge in [0.05, 0.1) is 11.8 Å². The third-order valence-corrected chi connectivity index (χ3v) is 1.93. The Morgan fingerprint density at radius 2 is 2.40 bits per heavy atom. The lowest BCUT2D eigenvalue weighted by atomic mass is 10.5. The number of thioether (sulfide) groups is 1. The molecule has 0 radical (unpaired) electrons. The van der Waals surface area contributed by atoms with Crippen LogP contribution in [-0.2, 0) is 4.79 Å². The van der Waals surface area contributed by atoms with Gasteiger partial charge < -0.3 is 0 Å². The summed E-state index contributed by atoms with van der Waals surface area (Å²) in [4.78, 5) is 22.3. The lowest BCUT2D eigenvalue weighted by Gasteiger charge is -2.04. The number of nitrogens with zero attached hydrogens (tertiary/aromatic N) is 2. The van der Waals surface area contributed by atoms with E-state index in [2.05, 4.69) is 0 Å². The Balaban J connectivity index is 2.65. The lowest BCUT2D eigenvalue weighted by molar-refractivity contribution is -0.124. The van der Waals surface area contributed by atoms with E-state index in [-0.39, 0.29) is 23.4 Å². The van der Waals surface area contributed by atoms with Gasteiger partial charge in [-0.1, -0.05) is 11.8 Å². The maximum Gasteiger partial charge on any atom is 0.289 e. The number of imide groups is 1.